The molecule has 96 valence electrons. The van der Waals surface area contributed by atoms with Crippen molar-refractivity contribution in [1.82, 2.24) is 0 Å². The lowest BCUT2D eigenvalue weighted by Gasteiger charge is -2.10. The fourth-order valence-corrected chi connectivity index (χ4v) is 2.91. The molecule has 0 bridgehead atoms. The Balaban J connectivity index is 2.26. The minimum Gasteiger partial charge on any atom is -0.478 e. The molecule has 1 aliphatic heterocycles. The van der Waals surface area contributed by atoms with E-state index in [1.807, 2.05) is 13.0 Å². The van der Waals surface area contributed by atoms with Gasteiger partial charge in [0.25, 0.3) is 0 Å². The highest BCUT2D eigenvalue weighted by atomic mass is 32.2. The van der Waals surface area contributed by atoms with E-state index in [9.17, 15) is 14.7 Å². The van der Waals surface area contributed by atoms with Crippen LogP contribution >= 0.6 is 11.8 Å². The summed E-state index contributed by atoms with van der Waals surface area (Å²) < 4.78 is 4.88. The van der Waals surface area contributed by atoms with Crippen LogP contribution in [-0.4, -0.2) is 28.9 Å². The van der Waals surface area contributed by atoms with E-state index in [-0.39, 0.29) is 16.8 Å². The molecule has 1 aliphatic rings. The second kappa shape index (κ2) is 5.44. The van der Waals surface area contributed by atoms with Gasteiger partial charge in [0.1, 0.15) is 5.25 Å². The van der Waals surface area contributed by atoms with Crippen molar-refractivity contribution in [3.63, 3.8) is 0 Å². The van der Waals surface area contributed by atoms with Crippen LogP contribution in [-0.2, 0) is 16.0 Å². The number of ether oxygens (including phenoxy) is 1. The summed E-state index contributed by atoms with van der Waals surface area (Å²) in [5.74, 6) is -1.21. The van der Waals surface area contributed by atoms with Crippen LogP contribution in [0.3, 0.4) is 0 Å². The molecular formula is C13H14O4S. The van der Waals surface area contributed by atoms with Crippen LogP contribution in [0.2, 0.25) is 0 Å². The highest BCUT2D eigenvalue weighted by Gasteiger charge is 2.28. The Hall–Kier alpha value is -1.49. The second-order valence-electron chi connectivity index (χ2n) is 4.05. The Morgan fingerprint density at radius 1 is 1.56 bits per heavy atom. The second-order valence-corrected chi connectivity index (χ2v) is 5.30. The number of cyclic esters (lactones) is 1. The van der Waals surface area contributed by atoms with Crippen molar-refractivity contribution >= 4 is 23.7 Å². The van der Waals surface area contributed by atoms with E-state index in [2.05, 4.69) is 0 Å². The lowest BCUT2D eigenvalue weighted by Crippen LogP contribution is -2.11. The predicted molar refractivity (Wildman–Crippen MR) is 68.0 cm³/mol. The molecule has 1 saturated heterocycles. The van der Waals surface area contributed by atoms with E-state index in [1.54, 1.807) is 12.1 Å². The van der Waals surface area contributed by atoms with Gasteiger partial charge in [0.2, 0.25) is 0 Å². The average Bonchev–Trinajstić information content (AvgIpc) is 2.75. The van der Waals surface area contributed by atoms with Crippen molar-refractivity contribution in [3.05, 3.63) is 29.3 Å². The number of carboxylic acid groups (broad SMARTS) is 1. The van der Waals surface area contributed by atoms with Crippen LogP contribution in [0, 0.1) is 0 Å². The largest absolute Gasteiger partial charge is 0.478 e. The van der Waals surface area contributed by atoms with Crippen LogP contribution in [0.25, 0.3) is 0 Å². The smallest absolute Gasteiger partial charge is 0.336 e. The van der Waals surface area contributed by atoms with E-state index in [0.717, 1.165) is 12.0 Å². The van der Waals surface area contributed by atoms with Gasteiger partial charge in [-0.3, -0.25) is 4.79 Å². The Kier molecular flexibility index (Phi) is 3.91. The summed E-state index contributed by atoms with van der Waals surface area (Å²) in [7, 11) is 0. The van der Waals surface area contributed by atoms with E-state index < -0.39 is 5.97 Å². The quantitative estimate of drug-likeness (QED) is 0.847. The number of aromatic carboxylic acids is 1. The van der Waals surface area contributed by atoms with Gasteiger partial charge in [-0.25, -0.2) is 4.79 Å². The van der Waals surface area contributed by atoms with Gasteiger partial charge in [-0.15, -0.1) is 11.8 Å². The molecule has 0 aliphatic carbocycles. The molecule has 1 unspecified atom stereocenters. The van der Waals surface area contributed by atoms with Crippen molar-refractivity contribution in [3.8, 4) is 0 Å². The van der Waals surface area contributed by atoms with E-state index in [0.29, 0.717) is 17.9 Å². The Morgan fingerprint density at radius 2 is 2.33 bits per heavy atom. The zero-order valence-corrected chi connectivity index (χ0v) is 10.8. The normalized spacial score (nSPS) is 18.7. The molecule has 1 aromatic carbocycles. The Labute approximate surface area is 109 Å². The number of carboxylic acids is 1. The topological polar surface area (TPSA) is 63.6 Å². The molecule has 4 nitrogen and oxygen atoms in total. The molecule has 2 rings (SSSR count). The first-order valence-corrected chi connectivity index (χ1v) is 6.69. The number of carbonyl (C=O) groups is 2. The van der Waals surface area contributed by atoms with Gasteiger partial charge in [0.15, 0.2) is 0 Å². The summed E-state index contributed by atoms with van der Waals surface area (Å²) >= 11 is 1.28. The molecule has 1 N–H and O–H groups in total. The van der Waals surface area contributed by atoms with Gasteiger partial charge in [0, 0.05) is 11.3 Å². The molecule has 1 heterocycles. The minimum absolute atomic E-state index is 0.254. The van der Waals surface area contributed by atoms with Crippen molar-refractivity contribution in [2.24, 2.45) is 0 Å². The van der Waals surface area contributed by atoms with Crippen molar-refractivity contribution < 1.29 is 19.4 Å². The van der Waals surface area contributed by atoms with E-state index in [1.165, 1.54) is 11.8 Å². The first kappa shape index (κ1) is 13.0. The Bertz CT molecular complexity index is 484. The molecular weight excluding hydrogens is 252 g/mol. The number of carbonyl (C=O) groups excluding carboxylic acids is 1. The van der Waals surface area contributed by atoms with Crippen molar-refractivity contribution in [2.75, 3.05) is 6.61 Å². The maximum atomic E-state index is 11.4. The van der Waals surface area contributed by atoms with Crippen LogP contribution in [0.4, 0.5) is 0 Å². The summed E-state index contributed by atoms with van der Waals surface area (Å²) in [4.78, 5) is 23.2. The number of rotatable bonds is 4. The van der Waals surface area contributed by atoms with Gasteiger partial charge in [-0.2, -0.15) is 0 Å². The number of esters is 1. The lowest BCUT2D eigenvalue weighted by molar-refractivity contribution is -0.137. The highest BCUT2D eigenvalue weighted by molar-refractivity contribution is 8.00. The summed E-state index contributed by atoms with van der Waals surface area (Å²) in [5.41, 5.74) is 1.24. The minimum atomic E-state index is -0.959. The zero-order valence-electron chi connectivity index (χ0n) is 10.0. The standard InChI is InChI=1S/C13H14O4S/c1-2-8-3-4-10(9(7-8)12(14)15)18-11-5-6-17-13(11)16/h3-4,7,11H,2,5-6H2,1H3,(H,14,15). The number of benzene rings is 1. The number of thioether (sulfide) groups is 1. The molecule has 5 heteroatoms. The van der Waals surface area contributed by atoms with Gasteiger partial charge in [0.05, 0.1) is 12.2 Å². The van der Waals surface area contributed by atoms with E-state index >= 15 is 0 Å². The summed E-state index contributed by atoms with van der Waals surface area (Å²) in [6.45, 7) is 2.40. The van der Waals surface area contributed by atoms with E-state index in [4.69, 9.17) is 4.74 Å². The fraction of sp³-hybridized carbons (Fsp3) is 0.385. The molecule has 1 fully saturated rings. The molecule has 0 aromatic heterocycles. The molecule has 0 spiro atoms. The lowest BCUT2D eigenvalue weighted by atomic mass is 10.1. The molecule has 1 aromatic rings. The molecule has 0 saturated carbocycles. The SMILES string of the molecule is CCc1ccc(SC2CCOC2=O)c(C(=O)O)c1. The third-order valence-corrected chi connectivity index (χ3v) is 4.16. The Morgan fingerprint density at radius 3 is 2.89 bits per heavy atom. The van der Waals surface area contributed by atoms with Crippen LogP contribution in [0.5, 0.6) is 0 Å². The van der Waals surface area contributed by atoms with Crippen LogP contribution < -0.4 is 0 Å². The monoisotopic (exact) mass is 266 g/mol. The van der Waals surface area contributed by atoms with Crippen molar-refractivity contribution in [1.29, 1.82) is 0 Å². The summed E-state index contributed by atoms with van der Waals surface area (Å²) in [5, 5.41) is 8.91. The van der Waals surface area contributed by atoms with Crippen LogP contribution in [0.15, 0.2) is 23.1 Å². The third-order valence-electron chi connectivity index (χ3n) is 2.84. The fourth-order valence-electron chi connectivity index (χ4n) is 1.80. The predicted octanol–water partition coefficient (Wildman–Crippen LogP) is 2.35. The number of hydrogen-bond donors (Lipinski definition) is 1. The van der Waals surface area contributed by atoms with Crippen molar-refractivity contribution in [2.45, 2.75) is 29.9 Å². The average molecular weight is 266 g/mol. The first-order valence-electron chi connectivity index (χ1n) is 5.81. The van der Waals surface area contributed by atoms with Gasteiger partial charge < -0.3 is 9.84 Å². The molecule has 1 atom stereocenters. The van der Waals surface area contributed by atoms with Gasteiger partial charge in [-0.1, -0.05) is 13.0 Å². The summed E-state index contributed by atoms with van der Waals surface area (Å²) in [6, 6.07) is 5.35. The maximum absolute atomic E-state index is 11.4. The number of hydrogen-bond acceptors (Lipinski definition) is 4. The molecule has 0 amide bonds. The number of aryl methyl sites for hydroxylation is 1. The van der Waals surface area contributed by atoms with Crippen LogP contribution in [0.1, 0.15) is 29.3 Å². The zero-order chi connectivity index (χ0) is 13.1. The first-order chi connectivity index (χ1) is 8.61. The van der Waals surface area contributed by atoms with Gasteiger partial charge >= 0.3 is 11.9 Å². The maximum Gasteiger partial charge on any atom is 0.336 e. The van der Waals surface area contributed by atoms with Gasteiger partial charge in [-0.05, 0) is 24.1 Å². The highest BCUT2D eigenvalue weighted by Crippen LogP contribution is 2.32. The molecule has 0 radical (unpaired) electrons. The molecule has 18 heavy (non-hydrogen) atoms. The third kappa shape index (κ3) is 2.67. The summed E-state index contributed by atoms with van der Waals surface area (Å²) in [6.07, 6.45) is 1.43.